The number of hydrogen-bond donors (Lipinski definition) is 0. The fourth-order valence-corrected chi connectivity index (χ4v) is 5.96. The average Bonchev–Trinajstić information content (AvgIpc) is 3.21. The van der Waals surface area contributed by atoms with Crippen LogP contribution < -0.4 is 4.74 Å². The number of nitrogens with zero attached hydrogens (tertiary/aromatic N) is 4. The zero-order valence-corrected chi connectivity index (χ0v) is 19.3. The molecule has 0 radical (unpaired) electrons. The van der Waals surface area contributed by atoms with E-state index < -0.39 is 10.0 Å². The number of rotatable bonds is 6. The SMILES string of the molecule is CCS(=O)(=O)N1CCC[C@H](C(=O)N2CCS/C2=C/c2cnc(SC)nc2OC)C1. The van der Waals surface area contributed by atoms with Gasteiger partial charge in [0.1, 0.15) is 0 Å². The van der Waals surface area contributed by atoms with Crippen LogP contribution in [0.4, 0.5) is 0 Å². The summed E-state index contributed by atoms with van der Waals surface area (Å²) in [5.41, 5.74) is 0.714. The zero-order valence-electron chi connectivity index (χ0n) is 16.8. The van der Waals surface area contributed by atoms with Crippen LogP contribution in [0.1, 0.15) is 25.3 Å². The number of sulfonamides is 1. The van der Waals surface area contributed by atoms with E-state index in [2.05, 4.69) is 9.97 Å². The topological polar surface area (TPSA) is 92.7 Å². The van der Waals surface area contributed by atoms with E-state index in [4.69, 9.17) is 4.74 Å². The van der Waals surface area contributed by atoms with Crippen LogP contribution in [0, 0.1) is 5.92 Å². The predicted molar refractivity (Wildman–Crippen MR) is 116 cm³/mol. The van der Waals surface area contributed by atoms with Gasteiger partial charge in [-0.25, -0.2) is 17.7 Å². The summed E-state index contributed by atoms with van der Waals surface area (Å²) in [6.45, 7) is 3.00. The van der Waals surface area contributed by atoms with E-state index >= 15 is 0 Å². The molecule has 2 aliphatic heterocycles. The van der Waals surface area contributed by atoms with Crippen molar-refractivity contribution < 1.29 is 17.9 Å². The Morgan fingerprint density at radius 3 is 2.93 bits per heavy atom. The highest BCUT2D eigenvalue weighted by molar-refractivity contribution is 8.03. The Bertz CT molecular complexity index is 891. The molecule has 0 aliphatic carbocycles. The Hall–Kier alpha value is -1.30. The smallest absolute Gasteiger partial charge is 0.231 e. The van der Waals surface area contributed by atoms with E-state index in [1.54, 1.807) is 36.9 Å². The summed E-state index contributed by atoms with van der Waals surface area (Å²) in [4.78, 5) is 23.6. The lowest BCUT2D eigenvalue weighted by Gasteiger charge is -2.33. The van der Waals surface area contributed by atoms with E-state index in [-0.39, 0.29) is 24.1 Å². The lowest BCUT2D eigenvalue weighted by molar-refractivity contribution is -0.133. The summed E-state index contributed by atoms with van der Waals surface area (Å²) in [7, 11) is -1.72. The minimum atomic E-state index is -3.28. The number of thioether (sulfide) groups is 2. The maximum atomic E-state index is 13.2. The quantitative estimate of drug-likeness (QED) is 0.473. The van der Waals surface area contributed by atoms with Gasteiger partial charge < -0.3 is 9.64 Å². The van der Waals surface area contributed by atoms with E-state index in [9.17, 15) is 13.2 Å². The van der Waals surface area contributed by atoms with Crippen molar-refractivity contribution in [1.29, 1.82) is 0 Å². The van der Waals surface area contributed by atoms with Crippen molar-refractivity contribution in [3.05, 3.63) is 16.8 Å². The molecule has 1 aromatic heterocycles. The molecule has 160 valence electrons. The lowest BCUT2D eigenvalue weighted by Crippen LogP contribution is -2.46. The standard InChI is InChI=1S/C18H26N4O4S3/c1-4-29(24,25)21-7-5-6-13(12-21)17(23)22-8-9-28-15(22)10-14-11-19-18(27-3)20-16(14)26-2/h10-11,13H,4-9,12H2,1-3H3/b15-10+/t13-/m0/s1. The first-order valence-electron chi connectivity index (χ1n) is 9.48. The molecule has 1 aromatic rings. The summed E-state index contributed by atoms with van der Waals surface area (Å²) in [5.74, 6) is 0.995. The van der Waals surface area contributed by atoms with Gasteiger partial charge in [-0.05, 0) is 32.1 Å². The van der Waals surface area contributed by atoms with Gasteiger partial charge in [-0.15, -0.1) is 11.8 Å². The second-order valence-electron chi connectivity index (χ2n) is 6.74. The first-order valence-corrected chi connectivity index (χ1v) is 13.3. The molecule has 0 aromatic carbocycles. The van der Waals surface area contributed by atoms with E-state index in [1.807, 2.05) is 12.3 Å². The minimum Gasteiger partial charge on any atom is -0.480 e. The first-order chi connectivity index (χ1) is 13.9. The second-order valence-corrected chi connectivity index (χ2v) is 10.9. The molecular weight excluding hydrogens is 432 g/mol. The molecule has 11 heteroatoms. The van der Waals surface area contributed by atoms with Crippen LogP contribution in [0.15, 0.2) is 16.4 Å². The number of hydrogen-bond acceptors (Lipinski definition) is 8. The Morgan fingerprint density at radius 1 is 1.45 bits per heavy atom. The molecular formula is C18H26N4O4S3. The Morgan fingerprint density at radius 2 is 2.24 bits per heavy atom. The van der Waals surface area contributed by atoms with Crippen molar-refractivity contribution in [2.24, 2.45) is 5.92 Å². The van der Waals surface area contributed by atoms with Crippen LogP contribution in [0.2, 0.25) is 0 Å². The maximum Gasteiger partial charge on any atom is 0.231 e. The molecule has 1 atom stereocenters. The molecule has 0 N–H and O–H groups in total. The fourth-order valence-electron chi connectivity index (χ4n) is 3.42. The molecule has 0 saturated carbocycles. The number of carbonyl (C=O) groups excluding carboxylic acids is 1. The third kappa shape index (κ3) is 5.07. The molecule has 0 spiro atoms. The highest BCUT2D eigenvalue weighted by atomic mass is 32.2. The molecule has 0 bridgehead atoms. The van der Waals surface area contributed by atoms with E-state index in [1.165, 1.54) is 16.1 Å². The van der Waals surface area contributed by atoms with Crippen molar-refractivity contribution in [3.63, 3.8) is 0 Å². The Labute approximate surface area is 180 Å². The summed E-state index contributed by atoms with van der Waals surface area (Å²) in [5, 5.41) is 1.44. The van der Waals surface area contributed by atoms with E-state index in [0.29, 0.717) is 42.5 Å². The summed E-state index contributed by atoms with van der Waals surface area (Å²) >= 11 is 3.03. The van der Waals surface area contributed by atoms with Gasteiger partial charge >= 0.3 is 0 Å². The van der Waals surface area contributed by atoms with Gasteiger partial charge in [-0.1, -0.05) is 11.8 Å². The number of aromatic nitrogens is 2. The molecule has 2 fully saturated rings. The molecule has 2 aliphatic rings. The molecule has 8 nitrogen and oxygen atoms in total. The summed E-state index contributed by atoms with van der Waals surface area (Å²) in [6, 6.07) is 0. The highest BCUT2D eigenvalue weighted by Gasteiger charge is 2.36. The number of methoxy groups -OCH3 is 1. The highest BCUT2D eigenvalue weighted by Crippen LogP contribution is 2.34. The van der Waals surface area contributed by atoms with Crippen molar-refractivity contribution in [2.45, 2.75) is 24.9 Å². The van der Waals surface area contributed by atoms with Crippen molar-refractivity contribution in [1.82, 2.24) is 19.2 Å². The summed E-state index contributed by atoms with van der Waals surface area (Å²) in [6.07, 6.45) is 6.88. The zero-order chi connectivity index (χ0) is 21.0. The number of carbonyl (C=O) groups is 1. The lowest BCUT2D eigenvalue weighted by atomic mass is 9.98. The Kier molecular flexibility index (Phi) is 7.47. The largest absolute Gasteiger partial charge is 0.480 e. The van der Waals surface area contributed by atoms with Gasteiger partial charge in [-0.2, -0.15) is 4.98 Å². The average molecular weight is 459 g/mol. The minimum absolute atomic E-state index is 0.0159. The molecule has 29 heavy (non-hydrogen) atoms. The molecule has 0 unspecified atom stereocenters. The van der Waals surface area contributed by atoms with Crippen LogP contribution in [-0.2, 0) is 14.8 Å². The number of piperidine rings is 1. The first kappa shape index (κ1) is 22.4. The normalized spacial score (nSPS) is 22.2. The van der Waals surface area contributed by atoms with Crippen LogP contribution >= 0.6 is 23.5 Å². The molecule has 3 heterocycles. The molecule has 3 rings (SSSR count). The molecule has 1 amide bonds. The van der Waals surface area contributed by atoms with Crippen molar-refractivity contribution >= 4 is 45.5 Å². The van der Waals surface area contributed by atoms with Crippen LogP contribution in [-0.4, -0.2) is 78.0 Å². The van der Waals surface area contributed by atoms with Gasteiger partial charge in [0.15, 0.2) is 5.16 Å². The van der Waals surface area contributed by atoms with Crippen LogP contribution in [0.25, 0.3) is 6.08 Å². The van der Waals surface area contributed by atoms with Gasteiger partial charge in [0, 0.05) is 31.6 Å². The third-order valence-electron chi connectivity index (χ3n) is 5.00. The van der Waals surface area contributed by atoms with Crippen LogP contribution in [0.3, 0.4) is 0 Å². The van der Waals surface area contributed by atoms with Crippen LogP contribution in [0.5, 0.6) is 5.88 Å². The van der Waals surface area contributed by atoms with Gasteiger partial charge in [0.25, 0.3) is 0 Å². The second kappa shape index (κ2) is 9.67. The van der Waals surface area contributed by atoms with Crippen molar-refractivity contribution in [3.8, 4) is 5.88 Å². The van der Waals surface area contributed by atoms with Gasteiger partial charge in [0.2, 0.25) is 21.8 Å². The van der Waals surface area contributed by atoms with Gasteiger partial charge in [0.05, 0.1) is 29.4 Å². The summed E-state index contributed by atoms with van der Waals surface area (Å²) < 4.78 is 31.3. The molecule has 2 saturated heterocycles. The number of amides is 1. The van der Waals surface area contributed by atoms with E-state index in [0.717, 1.165) is 10.8 Å². The third-order valence-corrected chi connectivity index (χ3v) is 8.43. The Balaban J connectivity index is 1.80. The predicted octanol–water partition coefficient (Wildman–Crippen LogP) is 2.14. The van der Waals surface area contributed by atoms with Crippen molar-refractivity contribution in [2.75, 3.05) is 44.5 Å². The number of ether oxygens (including phenoxy) is 1. The maximum absolute atomic E-state index is 13.2. The fraction of sp³-hybridized carbons (Fsp3) is 0.611. The monoisotopic (exact) mass is 458 g/mol. The van der Waals surface area contributed by atoms with Gasteiger partial charge in [-0.3, -0.25) is 4.79 Å².